The SMILES string of the molecule is OC/C=C/C#CC#C/C=C/[C@@H]1CCCCO1. The summed E-state index contributed by atoms with van der Waals surface area (Å²) in [5.74, 6) is 10.9. The summed E-state index contributed by atoms with van der Waals surface area (Å²) in [4.78, 5) is 0. The van der Waals surface area contributed by atoms with E-state index in [1.54, 1.807) is 18.2 Å². The van der Waals surface area contributed by atoms with Gasteiger partial charge in [-0.15, -0.1) is 0 Å². The van der Waals surface area contributed by atoms with Crippen LogP contribution in [-0.4, -0.2) is 24.4 Å². The van der Waals surface area contributed by atoms with Gasteiger partial charge in [-0.3, -0.25) is 0 Å². The lowest BCUT2D eigenvalue weighted by atomic mass is 10.1. The van der Waals surface area contributed by atoms with Crippen molar-refractivity contribution in [2.75, 3.05) is 13.2 Å². The zero-order valence-electron chi connectivity index (χ0n) is 9.28. The van der Waals surface area contributed by atoms with Crippen molar-refractivity contribution in [2.24, 2.45) is 0 Å². The third-order valence-electron chi connectivity index (χ3n) is 2.12. The highest BCUT2D eigenvalue weighted by Crippen LogP contribution is 2.12. The standard InChI is InChI=1S/C14H16O2/c15-12-8-5-3-1-2-4-6-10-14-11-7-9-13-16-14/h5-6,8,10,14-15H,7,9,11-13H2/b8-5+,10-6+/t14-/m1/s1. The molecule has 0 aromatic rings. The van der Waals surface area contributed by atoms with Gasteiger partial charge in [0.2, 0.25) is 0 Å². The van der Waals surface area contributed by atoms with Crippen molar-refractivity contribution in [3.05, 3.63) is 24.3 Å². The minimum absolute atomic E-state index is 0.0149. The molecule has 1 N–H and O–H groups in total. The Hall–Kier alpha value is -1.48. The second-order valence-corrected chi connectivity index (χ2v) is 3.39. The van der Waals surface area contributed by atoms with E-state index in [0.29, 0.717) is 0 Å². The van der Waals surface area contributed by atoms with Crippen molar-refractivity contribution in [2.45, 2.75) is 25.4 Å². The average molecular weight is 216 g/mol. The van der Waals surface area contributed by atoms with Crippen LogP contribution in [0.2, 0.25) is 0 Å². The smallest absolute Gasteiger partial charge is 0.0764 e. The Bertz CT molecular complexity index is 352. The quantitative estimate of drug-likeness (QED) is 0.711. The van der Waals surface area contributed by atoms with Crippen LogP contribution < -0.4 is 0 Å². The lowest BCUT2D eigenvalue weighted by Crippen LogP contribution is -2.15. The molecule has 1 heterocycles. The molecule has 0 amide bonds. The minimum atomic E-state index is 0.0149. The van der Waals surface area contributed by atoms with E-state index in [0.717, 1.165) is 13.0 Å². The van der Waals surface area contributed by atoms with Crippen molar-refractivity contribution >= 4 is 0 Å². The Labute approximate surface area is 97.0 Å². The fourth-order valence-electron chi connectivity index (χ4n) is 1.34. The summed E-state index contributed by atoms with van der Waals surface area (Å²) in [5.41, 5.74) is 0. The van der Waals surface area contributed by atoms with Gasteiger partial charge in [-0.25, -0.2) is 0 Å². The Balaban J connectivity index is 2.26. The molecule has 1 atom stereocenters. The molecule has 1 saturated heterocycles. The molecule has 0 saturated carbocycles. The first-order chi connectivity index (χ1) is 7.93. The molecule has 0 radical (unpaired) electrons. The molecule has 1 rings (SSSR count). The summed E-state index contributed by atoms with van der Waals surface area (Å²) in [6.45, 7) is 0.870. The fraction of sp³-hybridized carbons (Fsp3) is 0.429. The van der Waals surface area contributed by atoms with E-state index in [-0.39, 0.29) is 12.7 Å². The molecule has 2 nitrogen and oxygen atoms in total. The molecule has 84 valence electrons. The highest BCUT2D eigenvalue weighted by molar-refractivity contribution is 5.34. The first kappa shape index (κ1) is 12.6. The Kier molecular flexibility index (Phi) is 6.92. The molecular weight excluding hydrogens is 200 g/mol. The first-order valence-electron chi connectivity index (χ1n) is 5.48. The van der Waals surface area contributed by atoms with Crippen molar-refractivity contribution in [3.63, 3.8) is 0 Å². The van der Waals surface area contributed by atoms with Gasteiger partial charge >= 0.3 is 0 Å². The summed E-state index contributed by atoms with van der Waals surface area (Å²) in [6, 6.07) is 0. The van der Waals surface area contributed by atoms with Crippen molar-refractivity contribution in [1.82, 2.24) is 0 Å². The molecule has 1 fully saturated rings. The number of allylic oxidation sites excluding steroid dienone is 2. The van der Waals surface area contributed by atoms with Crippen LogP contribution in [0.4, 0.5) is 0 Å². The van der Waals surface area contributed by atoms with E-state index >= 15 is 0 Å². The first-order valence-corrected chi connectivity index (χ1v) is 5.48. The average Bonchev–Trinajstić information content (AvgIpc) is 2.34. The molecule has 0 bridgehead atoms. The molecule has 16 heavy (non-hydrogen) atoms. The Morgan fingerprint density at radius 3 is 2.69 bits per heavy atom. The van der Waals surface area contributed by atoms with Crippen molar-refractivity contribution in [1.29, 1.82) is 0 Å². The van der Waals surface area contributed by atoms with Crippen LogP contribution in [0.5, 0.6) is 0 Å². The van der Waals surface area contributed by atoms with Gasteiger partial charge < -0.3 is 9.84 Å². The molecule has 1 aliphatic heterocycles. The maximum Gasteiger partial charge on any atom is 0.0764 e. The Morgan fingerprint density at radius 2 is 2.00 bits per heavy atom. The maximum absolute atomic E-state index is 8.44. The third kappa shape index (κ3) is 6.09. The summed E-state index contributed by atoms with van der Waals surface area (Å²) >= 11 is 0. The number of aliphatic hydroxyl groups is 1. The summed E-state index contributed by atoms with van der Waals surface area (Å²) in [7, 11) is 0. The topological polar surface area (TPSA) is 29.5 Å². The highest BCUT2D eigenvalue weighted by atomic mass is 16.5. The zero-order valence-corrected chi connectivity index (χ0v) is 9.28. The lowest BCUT2D eigenvalue weighted by molar-refractivity contribution is 0.0466. The summed E-state index contributed by atoms with van der Waals surface area (Å²) in [5, 5.41) is 8.44. The number of ether oxygens (including phenoxy) is 1. The minimum Gasteiger partial charge on any atom is -0.392 e. The Morgan fingerprint density at radius 1 is 1.19 bits per heavy atom. The predicted octanol–water partition coefficient (Wildman–Crippen LogP) is 1.67. The van der Waals surface area contributed by atoms with E-state index in [2.05, 4.69) is 23.7 Å². The largest absolute Gasteiger partial charge is 0.392 e. The van der Waals surface area contributed by atoms with Gasteiger partial charge in [-0.2, -0.15) is 0 Å². The van der Waals surface area contributed by atoms with Crippen LogP contribution in [0.3, 0.4) is 0 Å². The molecule has 1 aliphatic rings. The van der Waals surface area contributed by atoms with Gasteiger partial charge in [-0.05, 0) is 49.3 Å². The normalized spacial score (nSPS) is 20.2. The molecule has 0 unspecified atom stereocenters. The zero-order chi connectivity index (χ0) is 11.5. The summed E-state index contributed by atoms with van der Waals surface area (Å²) in [6.07, 6.45) is 10.6. The van der Waals surface area contributed by atoms with E-state index < -0.39 is 0 Å². The lowest BCUT2D eigenvalue weighted by Gasteiger charge is -2.18. The highest BCUT2D eigenvalue weighted by Gasteiger charge is 2.08. The predicted molar refractivity (Wildman–Crippen MR) is 64.5 cm³/mol. The third-order valence-corrected chi connectivity index (χ3v) is 2.12. The molecular formula is C14H16O2. The van der Waals surface area contributed by atoms with E-state index in [1.807, 2.05) is 6.08 Å². The van der Waals surface area contributed by atoms with Crippen LogP contribution in [-0.2, 0) is 4.74 Å². The van der Waals surface area contributed by atoms with E-state index in [1.165, 1.54) is 12.8 Å². The number of hydrogen-bond acceptors (Lipinski definition) is 2. The number of hydrogen-bond donors (Lipinski definition) is 1. The van der Waals surface area contributed by atoms with E-state index in [4.69, 9.17) is 9.84 Å². The van der Waals surface area contributed by atoms with Crippen LogP contribution in [0, 0.1) is 23.7 Å². The van der Waals surface area contributed by atoms with Gasteiger partial charge in [0.1, 0.15) is 0 Å². The molecule has 0 spiro atoms. The number of aliphatic hydroxyl groups excluding tert-OH is 1. The molecule has 2 heteroatoms. The fourth-order valence-corrected chi connectivity index (χ4v) is 1.34. The van der Waals surface area contributed by atoms with Gasteiger partial charge in [0, 0.05) is 6.61 Å². The molecule has 0 aromatic carbocycles. The van der Waals surface area contributed by atoms with Crippen molar-refractivity contribution in [3.8, 4) is 23.7 Å². The maximum atomic E-state index is 8.44. The van der Waals surface area contributed by atoms with E-state index in [9.17, 15) is 0 Å². The van der Waals surface area contributed by atoms with Crippen LogP contribution in [0.15, 0.2) is 24.3 Å². The monoisotopic (exact) mass is 216 g/mol. The van der Waals surface area contributed by atoms with Crippen LogP contribution in [0.25, 0.3) is 0 Å². The summed E-state index contributed by atoms with van der Waals surface area (Å²) < 4.78 is 5.51. The second kappa shape index (κ2) is 8.80. The molecule has 0 aliphatic carbocycles. The van der Waals surface area contributed by atoms with Gasteiger partial charge in [0.25, 0.3) is 0 Å². The van der Waals surface area contributed by atoms with Crippen LogP contribution >= 0.6 is 0 Å². The number of rotatable bonds is 2. The van der Waals surface area contributed by atoms with Crippen molar-refractivity contribution < 1.29 is 9.84 Å². The molecule has 0 aromatic heterocycles. The second-order valence-electron chi connectivity index (χ2n) is 3.39. The van der Waals surface area contributed by atoms with Gasteiger partial charge in [0.15, 0.2) is 0 Å². The van der Waals surface area contributed by atoms with Gasteiger partial charge in [0.05, 0.1) is 12.7 Å². The van der Waals surface area contributed by atoms with Crippen LogP contribution in [0.1, 0.15) is 19.3 Å². The van der Waals surface area contributed by atoms with Gasteiger partial charge in [-0.1, -0.05) is 17.9 Å².